The first-order valence-corrected chi connectivity index (χ1v) is 7.31. The number of hydrogen-bond acceptors (Lipinski definition) is 3. The lowest BCUT2D eigenvalue weighted by molar-refractivity contribution is -0.00815. The Morgan fingerprint density at radius 3 is 3.00 bits per heavy atom. The second-order valence-corrected chi connectivity index (χ2v) is 5.75. The van der Waals surface area contributed by atoms with Gasteiger partial charge in [-0.1, -0.05) is 12.1 Å². The molecule has 0 aliphatic carbocycles. The van der Waals surface area contributed by atoms with Gasteiger partial charge in [-0.2, -0.15) is 0 Å². The van der Waals surface area contributed by atoms with Crippen molar-refractivity contribution in [3.05, 3.63) is 29.3 Å². The van der Waals surface area contributed by atoms with Crippen molar-refractivity contribution in [2.45, 2.75) is 39.2 Å². The minimum absolute atomic E-state index is 0.0379. The average molecular weight is 276 g/mol. The van der Waals surface area contributed by atoms with Crippen molar-refractivity contribution in [3.63, 3.8) is 0 Å². The summed E-state index contributed by atoms with van der Waals surface area (Å²) in [5.41, 5.74) is 2.61. The van der Waals surface area contributed by atoms with E-state index in [0.717, 1.165) is 30.6 Å². The van der Waals surface area contributed by atoms with E-state index in [2.05, 4.69) is 16.7 Å². The van der Waals surface area contributed by atoms with Crippen LogP contribution in [0.4, 0.5) is 5.69 Å². The molecule has 1 aliphatic heterocycles. The number of ether oxygens (including phenoxy) is 1. The van der Waals surface area contributed by atoms with E-state index < -0.39 is 0 Å². The van der Waals surface area contributed by atoms with Crippen molar-refractivity contribution in [1.82, 2.24) is 5.32 Å². The molecule has 0 atom stereocenters. The van der Waals surface area contributed by atoms with Gasteiger partial charge in [0.05, 0.1) is 16.9 Å². The maximum atomic E-state index is 12.4. The molecule has 1 aromatic rings. The SMILES string of the molecule is CCOC(C)(C)CNC(=O)c1cccc2c1NCCC2. The van der Waals surface area contributed by atoms with Crippen LogP contribution < -0.4 is 10.6 Å². The lowest BCUT2D eigenvalue weighted by Crippen LogP contribution is -2.40. The number of carbonyl (C=O) groups is 1. The highest BCUT2D eigenvalue weighted by molar-refractivity contribution is 6.00. The fourth-order valence-corrected chi connectivity index (χ4v) is 2.53. The van der Waals surface area contributed by atoms with E-state index in [-0.39, 0.29) is 11.5 Å². The van der Waals surface area contributed by atoms with Crippen molar-refractivity contribution in [2.75, 3.05) is 25.0 Å². The summed E-state index contributed by atoms with van der Waals surface area (Å²) in [7, 11) is 0. The molecule has 1 aromatic carbocycles. The van der Waals surface area contributed by atoms with Crippen LogP contribution in [0, 0.1) is 0 Å². The third kappa shape index (κ3) is 3.51. The van der Waals surface area contributed by atoms with Gasteiger partial charge in [-0.15, -0.1) is 0 Å². The fourth-order valence-electron chi connectivity index (χ4n) is 2.53. The number of carbonyl (C=O) groups excluding carboxylic acids is 1. The Morgan fingerprint density at radius 2 is 2.25 bits per heavy atom. The maximum Gasteiger partial charge on any atom is 0.253 e. The Labute approximate surface area is 120 Å². The lowest BCUT2D eigenvalue weighted by atomic mass is 9.99. The molecule has 2 N–H and O–H groups in total. The second-order valence-electron chi connectivity index (χ2n) is 5.75. The number of anilines is 1. The van der Waals surface area contributed by atoms with Gasteiger partial charge in [0, 0.05) is 19.7 Å². The summed E-state index contributed by atoms with van der Waals surface area (Å²) in [5.74, 6) is -0.0379. The number of nitrogens with one attached hydrogen (secondary N) is 2. The molecule has 0 saturated carbocycles. The van der Waals surface area contributed by atoms with Gasteiger partial charge in [-0.25, -0.2) is 0 Å². The summed E-state index contributed by atoms with van der Waals surface area (Å²) in [6.45, 7) is 8.00. The highest BCUT2D eigenvalue weighted by Gasteiger charge is 2.21. The molecule has 0 aromatic heterocycles. The van der Waals surface area contributed by atoms with Crippen molar-refractivity contribution in [3.8, 4) is 0 Å². The Bertz CT molecular complexity index is 483. The van der Waals surface area contributed by atoms with Gasteiger partial charge >= 0.3 is 0 Å². The lowest BCUT2D eigenvalue weighted by Gasteiger charge is -2.26. The molecular formula is C16H24N2O2. The van der Waals surface area contributed by atoms with E-state index in [1.54, 1.807) is 0 Å². The number of benzene rings is 1. The van der Waals surface area contributed by atoms with Gasteiger partial charge < -0.3 is 15.4 Å². The summed E-state index contributed by atoms with van der Waals surface area (Å²) in [4.78, 5) is 12.4. The van der Waals surface area contributed by atoms with Crippen LogP contribution in [0.25, 0.3) is 0 Å². The van der Waals surface area contributed by atoms with Crippen LogP contribution in [-0.2, 0) is 11.2 Å². The Morgan fingerprint density at radius 1 is 1.45 bits per heavy atom. The number of hydrogen-bond donors (Lipinski definition) is 2. The van der Waals surface area contributed by atoms with Crippen LogP contribution in [0.3, 0.4) is 0 Å². The van der Waals surface area contributed by atoms with Crippen LogP contribution in [0.2, 0.25) is 0 Å². The molecular weight excluding hydrogens is 252 g/mol. The molecule has 2 rings (SSSR count). The molecule has 0 saturated heterocycles. The molecule has 20 heavy (non-hydrogen) atoms. The zero-order valence-corrected chi connectivity index (χ0v) is 12.6. The minimum Gasteiger partial charge on any atom is -0.384 e. The Kier molecular flexibility index (Phi) is 4.65. The Hall–Kier alpha value is -1.55. The van der Waals surface area contributed by atoms with E-state index >= 15 is 0 Å². The fraction of sp³-hybridized carbons (Fsp3) is 0.562. The quantitative estimate of drug-likeness (QED) is 0.869. The summed E-state index contributed by atoms with van der Waals surface area (Å²) >= 11 is 0. The molecule has 0 fully saturated rings. The molecule has 0 spiro atoms. The predicted octanol–water partition coefficient (Wildman–Crippen LogP) is 2.59. The largest absolute Gasteiger partial charge is 0.384 e. The van der Waals surface area contributed by atoms with E-state index in [9.17, 15) is 4.79 Å². The summed E-state index contributed by atoms with van der Waals surface area (Å²) in [6.07, 6.45) is 2.16. The zero-order valence-electron chi connectivity index (χ0n) is 12.6. The number of fused-ring (bicyclic) bond motifs is 1. The van der Waals surface area contributed by atoms with Crippen LogP contribution in [-0.4, -0.2) is 31.2 Å². The van der Waals surface area contributed by atoms with E-state index in [4.69, 9.17) is 4.74 Å². The first-order chi connectivity index (χ1) is 9.53. The monoisotopic (exact) mass is 276 g/mol. The molecule has 1 heterocycles. The highest BCUT2D eigenvalue weighted by Crippen LogP contribution is 2.26. The number of aryl methyl sites for hydroxylation is 1. The smallest absolute Gasteiger partial charge is 0.253 e. The molecule has 1 aliphatic rings. The molecule has 4 nitrogen and oxygen atoms in total. The predicted molar refractivity (Wildman–Crippen MR) is 81.3 cm³/mol. The third-order valence-electron chi connectivity index (χ3n) is 3.53. The molecule has 110 valence electrons. The average Bonchev–Trinajstić information content (AvgIpc) is 2.44. The van der Waals surface area contributed by atoms with E-state index in [1.807, 2.05) is 32.9 Å². The maximum absolute atomic E-state index is 12.4. The Balaban J connectivity index is 2.06. The molecule has 0 radical (unpaired) electrons. The van der Waals surface area contributed by atoms with Crippen molar-refractivity contribution < 1.29 is 9.53 Å². The first-order valence-electron chi connectivity index (χ1n) is 7.31. The molecule has 1 amide bonds. The number of para-hydroxylation sites is 1. The van der Waals surface area contributed by atoms with Crippen molar-refractivity contribution >= 4 is 11.6 Å². The van der Waals surface area contributed by atoms with Crippen LogP contribution in [0.1, 0.15) is 43.1 Å². The van der Waals surface area contributed by atoms with Crippen LogP contribution >= 0.6 is 0 Å². The first kappa shape index (κ1) is 14.9. The topological polar surface area (TPSA) is 50.4 Å². The number of rotatable bonds is 5. The van der Waals surface area contributed by atoms with Crippen molar-refractivity contribution in [2.24, 2.45) is 0 Å². The minimum atomic E-state index is -0.341. The van der Waals surface area contributed by atoms with Gasteiger partial charge in [0.2, 0.25) is 0 Å². The third-order valence-corrected chi connectivity index (χ3v) is 3.53. The van der Waals surface area contributed by atoms with Crippen LogP contribution in [0.15, 0.2) is 18.2 Å². The molecule has 0 unspecified atom stereocenters. The normalized spacial score (nSPS) is 14.3. The zero-order chi connectivity index (χ0) is 14.6. The summed E-state index contributed by atoms with van der Waals surface area (Å²) in [5, 5.41) is 6.31. The second kappa shape index (κ2) is 6.27. The summed E-state index contributed by atoms with van der Waals surface area (Å²) in [6, 6.07) is 5.91. The van der Waals surface area contributed by atoms with Gasteiger partial charge in [-0.05, 0) is 45.2 Å². The van der Waals surface area contributed by atoms with Gasteiger partial charge in [0.25, 0.3) is 5.91 Å². The van der Waals surface area contributed by atoms with E-state index in [1.165, 1.54) is 5.56 Å². The van der Waals surface area contributed by atoms with E-state index in [0.29, 0.717) is 13.2 Å². The van der Waals surface area contributed by atoms with Crippen molar-refractivity contribution in [1.29, 1.82) is 0 Å². The van der Waals surface area contributed by atoms with Gasteiger partial charge in [-0.3, -0.25) is 4.79 Å². The van der Waals surface area contributed by atoms with Crippen LogP contribution in [0.5, 0.6) is 0 Å². The number of amides is 1. The standard InChI is InChI=1S/C16H24N2O2/c1-4-20-16(2,3)11-18-15(19)13-9-5-7-12-8-6-10-17-14(12)13/h5,7,9,17H,4,6,8,10-11H2,1-3H3,(H,18,19). The summed E-state index contributed by atoms with van der Waals surface area (Å²) < 4.78 is 5.60. The molecule has 4 heteroatoms. The molecule has 0 bridgehead atoms. The van der Waals surface area contributed by atoms with Gasteiger partial charge in [0.15, 0.2) is 0 Å². The van der Waals surface area contributed by atoms with Gasteiger partial charge in [0.1, 0.15) is 0 Å². The highest BCUT2D eigenvalue weighted by atomic mass is 16.5.